The van der Waals surface area contributed by atoms with Gasteiger partial charge in [0.2, 0.25) is 0 Å². The molecule has 26 heavy (non-hydrogen) atoms. The first-order chi connectivity index (χ1) is 12.6. The number of carboxylic acid groups (broad SMARTS) is 1. The zero-order valence-corrected chi connectivity index (χ0v) is 14.1. The van der Waals surface area contributed by atoms with E-state index < -0.39 is 5.97 Å². The minimum Gasteiger partial charge on any atom is -0.478 e. The summed E-state index contributed by atoms with van der Waals surface area (Å²) in [4.78, 5) is 32.8. The van der Waals surface area contributed by atoms with Gasteiger partial charge < -0.3 is 15.7 Å². The summed E-state index contributed by atoms with van der Waals surface area (Å²) in [6, 6.07) is 11.3. The van der Waals surface area contributed by atoms with E-state index in [9.17, 15) is 9.59 Å². The second kappa shape index (κ2) is 6.49. The molecular weight excluding hydrogens is 352 g/mol. The zero-order valence-electron chi connectivity index (χ0n) is 13.3. The molecule has 1 aliphatic rings. The number of carbonyl (C=O) groups excluding carboxylic acids is 1. The summed E-state index contributed by atoms with van der Waals surface area (Å²) in [5, 5.41) is 15.6. The summed E-state index contributed by atoms with van der Waals surface area (Å²) >= 11 is 1.49. The Bertz CT molecular complexity index is 1020. The monoisotopic (exact) mass is 364 g/mol. The summed E-state index contributed by atoms with van der Waals surface area (Å²) in [6.07, 6.45) is 3.24. The molecule has 1 amide bonds. The molecule has 2 heterocycles. The number of nitrogens with one attached hydrogen (secondary N) is 2. The Morgan fingerprint density at radius 3 is 2.50 bits per heavy atom. The van der Waals surface area contributed by atoms with E-state index in [4.69, 9.17) is 5.11 Å². The molecule has 2 aromatic carbocycles. The lowest BCUT2D eigenvalue weighted by Gasteiger charge is -2.19. The standard InChI is InChI=1S/C18H12N4O3S/c23-16(21-12-4-1-10(2-5-12)18(24)25)11-3-6-14-13(9-11)22-15-17(26-14)20-8-7-19-15/h1-9H,(H,19,22)(H,21,23)(H,24,25). The number of anilines is 3. The smallest absolute Gasteiger partial charge is 0.335 e. The van der Waals surface area contributed by atoms with E-state index in [0.29, 0.717) is 17.1 Å². The Balaban J connectivity index is 1.54. The summed E-state index contributed by atoms with van der Waals surface area (Å²) in [5.41, 5.74) is 1.96. The van der Waals surface area contributed by atoms with Crippen molar-refractivity contribution in [1.82, 2.24) is 9.97 Å². The number of rotatable bonds is 3. The van der Waals surface area contributed by atoms with Crippen molar-refractivity contribution in [3.63, 3.8) is 0 Å². The van der Waals surface area contributed by atoms with Crippen LogP contribution in [0.25, 0.3) is 0 Å². The van der Waals surface area contributed by atoms with E-state index >= 15 is 0 Å². The number of carboxylic acids is 1. The minimum atomic E-state index is -1.01. The van der Waals surface area contributed by atoms with E-state index in [1.165, 1.54) is 23.9 Å². The third-order valence-corrected chi connectivity index (χ3v) is 4.82. The predicted octanol–water partition coefficient (Wildman–Crippen LogP) is 3.64. The van der Waals surface area contributed by atoms with Crippen LogP contribution < -0.4 is 10.6 Å². The molecule has 8 heteroatoms. The van der Waals surface area contributed by atoms with Crippen LogP contribution in [0.15, 0.2) is 64.8 Å². The molecule has 0 bridgehead atoms. The van der Waals surface area contributed by atoms with Gasteiger partial charge in [-0.3, -0.25) is 4.79 Å². The number of benzene rings is 2. The molecule has 0 saturated heterocycles. The molecule has 0 fully saturated rings. The molecule has 0 unspecified atom stereocenters. The zero-order chi connectivity index (χ0) is 18.1. The first-order valence-electron chi connectivity index (χ1n) is 7.65. The average Bonchev–Trinajstić information content (AvgIpc) is 2.66. The number of hydrogen-bond acceptors (Lipinski definition) is 6. The van der Waals surface area contributed by atoms with Crippen molar-refractivity contribution < 1.29 is 14.7 Å². The third kappa shape index (κ3) is 3.09. The van der Waals surface area contributed by atoms with Gasteiger partial charge in [0.15, 0.2) is 5.82 Å². The molecule has 0 atom stereocenters. The lowest BCUT2D eigenvalue weighted by atomic mass is 10.1. The normalized spacial score (nSPS) is 11.7. The highest BCUT2D eigenvalue weighted by atomic mass is 32.2. The lowest BCUT2D eigenvalue weighted by Crippen LogP contribution is -2.13. The summed E-state index contributed by atoms with van der Waals surface area (Å²) in [7, 11) is 0. The van der Waals surface area contributed by atoms with Crippen LogP contribution in [0.1, 0.15) is 20.7 Å². The van der Waals surface area contributed by atoms with E-state index in [1.54, 1.807) is 36.7 Å². The van der Waals surface area contributed by atoms with Gasteiger partial charge in [-0.15, -0.1) is 0 Å². The quantitative estimate of drug-likeness (QED) is 0.510. The van der Waals surface area contributed by atoms with Crippen molar-refractivity contribution in [3.05, 3.63) is 66.0 Å². The van der Waals surface area contributed by atoms with Crippen molar-refractivity contribution in [2.45, 2.75) is 9.92 Å². The molecule has 0 radical (unpaired) electrons. The van der Waals surface area contributed by atoms with Crippen molar-refractivity contribution in [3.8, 4) is 0 Å². The fourth-order valence-electron chi connectivity index (χ4n) is 2.47. The molecule has 3 N–H and O–H groups in total. The molecule has 0 spiro atoms. The Kier molecular flexibility index (Phi) is 4.02. The average molecular weight is 364 g/mol. The molecule has 1 aromatic heterocycles. The molecule has 3 aromatic rings. The van der Waals surface area contributed by atoms with Crippen LogP contribution in [-0.4, -0.2) is 27.0 Å². The number of aromatic carboxylic acids is 1. The number of hydrogen-bond donors (Lipinski definition) is 3. The highest BCUT2D eigenvalue weighted by Gasteiger charge is 2.19. The first kappa shape index (κ1) is 16.1. The van der Waals surface area contributed by atoms with E-state index in [0.717, 1.165) is 15.6 Å². The van der Waals surface area contributed by atoms with Gasteiger partial charge in [0.05, 0.1) is 11.3 Å². The van der Waals surface area contributed by atoms with Gasteiger partial charge in [-0.1, -0.05) is 11.8 Å². The summed E-state index contributed by atoms with van der Waals surface area (Å²) in [6.45, 7) is 0. The second-order valence-electron chi connectivity index (χ2n) is 5.48. The fourth-order valence-corrected chi connectivity index (χ4v) is 3.35. The maximum atomic E-state index is 12.5. The molecule has 0 saturated carbocycles. The summed E-state index contributed by atoms with van der Waals surface area (Å²) < 4.78 is 0. The molecular formula is C18H12N4O3S. The topological polar surface area (TPSA) is 104 Å². The number of aromatic nitrogens is 2. The van der Waals surface area contributed by atoms with Gasteiger partial charge in [0, 0.05) is 28.5 Å². The molecule has 7 nitrogen and oxygen atoms in total. The molecule has 4 rings (SSSR count). The second-order valence-corrected chi connectivity index (χ2v) is 6.52. The fraction of sp³-hybridized carbons (Fsp3) is 0. The maximum Gasteiger partial charge on any atom is 0.335 e. The van der Waals surface area contributed by atoms with E-state index in [2.05, 4.69) is 20.6 Å². The van der Waals surface area contributed by atoms with Gasteiger partial charge >= 0.3 is 5.97 Å². The summed E-state index contributed by atoms with van der Waals surface area (Å²) in [5.74, 6) is -0.635. The number of carbonyl (C=O) groups is 2. The van der Waals surface area contributed by atoms with Gasteiger partial charge in [0.1, 0.15) is 5.03 Å². The Morgan fingerprint density at radius 1 is 1.00 bits per heavy atom. The minimum absolute atomic E-state index is 0.165. The van der Waals surface area contributed by atoms with Crippen molar-refractivity contribution in [1.29, 1.82) is 0 Å². The van der Waals surface area contributed by atoms with Crippen molar-refractivity contribution >= 4 is 40.8 Å². The van der Waals surface area contributed by atoms with E-state index in [1.807, 2.05) is 6.07 Å². The van der Waals surface area contributed by atoms with Crippen molar-refractivity contribution in [2.75, 3.05) is 10.6 Å². The third-order valence-electron chi connectivity index (χ3n) is 3.76. The Morgan fingerprint density at radius 2 is 1.73 bits per heavy atom. The number of amides is 1. The molecule has 1 aliphatic heterocycles. The molecule has 128 valence electrons. The van der Waals surface area contributed by atoms with Crippen molar-refractivity contribution in [2.24, 2.45) is 0 Å². The predicted molar refractivity (Wildman–Crippen MR) is 97.2 cm³/mol. The van der Waals surface area contributed by atoms with Gasteiger partial charge in [-0.2, -0.15) is 0 Å². The van der Waals surface area contributed by atoms with Crippen LogP contribution in [-0.2, 0) is 0 Å². The van der Waals surface area contributed by atoms with Crippen LogP contribution >= 0.6 is 11.8 Å². The lowest BCUT2D eigenvalue weighted by molar-refractivity contribution is 0.0696. The highest BCUT2D eigenvalue weighted by Crippen LogP contribution is 2.42. The maximum absolute atomic E-state index is 12.5. The van der Waals surface area contributed by atoms with Crippen LogP contribution in [0.5, 0.6) is 0 Å². The number of fused-ring (bicyclic) bond motifs is 2. The van der Waals surface area contributed by atoms with Crippen LogP contribution in [0.4, 0.5) is 17.2 Å². The highest BCUT2D eigenvalue weighted by molar-refractivity contribution is 7.99. The van der Waals surface area contributed by atoms with Gasteiger partial charge in [0.25, 0.3) is 5.91 Å². The van der Waals surface area contributed by atoms with Crippen LogP contribution in [0.3, 0.4) is 0 Å². The molecule has 0 aliphatic carbocycles. The van der Waals surface area contributed by atoms with E-state index in [-0.39, 0.29) is 11.5 Å². The van der Waals surface area contributed by atoms with Gasteiger partial charge in [-0.25, -0.2) is 14.8 Å². The largest absolute Gasteiger partial charge is 0.478 e. The van der Waals surface area contributed by atoms with Gasteiger partial charge in [-0.05, 0) is 42.5 Å². The van der Waals surface area contributed by atoms with Crippen LogP contribution in [0, 0.1) is 0 Å². The Hall–Kier alpha value is -3.39. The Labute approximate surface area is 152 Å². The SMILES string of the molecule is O=C(O)c1ccc(NC(=O)c2ccc3c(c2)Nc2nccnc2S3)cc1. The van der Waals surface area contributed by atoms with Crippen LogP contribution in [0.2, 0.25) is 0 Å². The first-order valence-corrected chi connectivity index (χ1v) is 8.46. The number of nitrogens with zero attached hydrogens (tertiary/aromatic N) is 2.